The van der Waals surface area contributed by atoms with Gasteiger partial charge in [-0.2, -0.15) is 0 Å². The van der Waals surface area contributed by atoms with Gasteiger partial charge in [0.25, 0.3) is 5.91 Å². The van der Waals surface area contributed by atoms with Crippen molar-refractivity contribution >= 4 is 39.9 Å². The molecule has 2 aliphatic heterocycles. The summed E-state index contributed by atoms with van der Waals surface area (Å²) in [5.41, 5.74) is 1.93. The van der Waals surface area contributed by atoms with Crippen molar-refractivity contribution in [2.24, 2.45) is 0 Å². The third-order valence-electron chi connectivity index (χ3n) is 5.78. The molecule has 1 saturated heterocycles. The summed E-state index contributed by atoms with van der Waals surface area (Å²) < 4.78 is 16.5. The second-order valence-electron chi connectivity index (χ2n) is 7.89. The van der Waals surface area contributed by atoms with E-state index in [2.05, 4.69) is 10.3 Å². The predicted molar refractivity (Wildman–Crippen MR) is 129 cm³/mol. The molecule has 1 aromatic heterocycles. The number of hydrogen-bond donors (Lipinski definition) is 1. The number of nitrogens with zero attached hydrogens (tertiary/aromatic N) is 2. The molecule has 0 spiro atoms. The largest absolute Gasteiger partial charge is 0.496 e. The minimum absolute atomic E-state index is 0.269. The van der Waals surface area contributed by atoms with Crippen LogP contribution >= 0.6 is 22.9 Å². The van der Waals surface area contributed by atoms with Crippen molar-refractivity contribution < 1.29 is 23.8 Å². The van der Waals surface area contributed by atoms with Crippen molar-refractivity contribution in [3.05, 3.63) is 52.4 Å². The van der Waals surface area contributed by atoms with Gasteiger partial charge in [0.05, 0.1) is 18.4 Å². The van der Waals surface area contributed by atoms with E-state index in [4.69, 9.17) is 25.8 Å². The maximum atomic E-state index is 13.2. The number of nitrogens with one attached hydrogen (secondary N) is 1. The zero-order chi connectivity index (χ0) is 23.7. The number of aromatic nitrogens is 1. The molecular weight excluding hydrogens is 478 g/mol. The molecule has 0 aliphatic carbocycles. The van der Waals surface area contributed by atoms with E-state index >= 15 is 0 Å². The summed E-state index contributed by atoms with van der Waals surface area (Å²) in [5, 5.41) is 5.64. The Morgan fingerprint density at radius 3 is 2.82 bits per heavy atom. The molecule has 176 valence electrons. The summed E-state index contributed by atoms with van der Waals surface area (Å²) in [4.78, 5) is 32.4. The van der Waals surface area contributed by atoms with Crippen LogP contribution in [-0.2, 0) is 4.79 Å². The Morgan fingerprint density at radius 1 is 1.18 bits per heavy atom. The first-order chi connectivity index (χ1) is 16.5. The molecule has 3 heterocycles. The summed E-state index contributed by atoms with van der Waals surface area (Å²) in [6.07, 6.45) is 1.30. The lowest BCUT2D eigenvalue weighted by atomic mass is 10.1. The Bertz CT molecular complexity index is 1250. The maximum absolute atomic E-state index is 13.2. The topological polar surface area (TPSA) is 90.0 Å². The highest BCUT2D eigenvalue weighted by molar-refractivity contribution is 7.14. The zero-order valence-corrected chi connectivity index (χ0v) is 19.9. The number of carbonyl (C=O) groups excluding carboxylic acids is 2. The number of carbonyl (C=O) groups is 2. The average Bonchev–Trinajstić information content (AvgIpc) is 3.53. The first-order valence-corrected chi connectivity index (χ1v) is 12.1. The third-order valence-corrected chi connectivity index (χ3v) is 6.77. The van der Waals surface area contributed by atoms with E-state index < -0.39 is 6.04 Å². The highest BCUT2D eigenvalue weighted by Gasteiger charge is 2.36. The van der Waals surface area contributed by atoms with Crippen LogP contribution in [0.2, 0.25) is 5.02 Å². The Kier molecular flexibility index (Phi) is 6.30. The van der Waals surface area contributed by atoms with Crippen molar-refractivity contribution in [1.29, 1.82) is 0 Å². The predicted octanol–water partition coefficient (Wildman–Crippen LogP) is 4.49. The molecule has 5 rings (SSSR count). The molecule has 0 radical (unpaired) electrons. The minimum Gasteiger partial charge on any atom is -0.496 e. The van der Waals surface area contributed by atoms with Gasteiger partial charge in [0.2, 0.25) is 5.91 Å². The Labute approximate surface area is 205 Å². The highest BCUT2D eigenvalue weighted by Crippen LogP contribution is 2.35. The fourth-order valence-corrected chi connectivity index (χ4v) is 5.03. The number of thiazole rings is 1. The van der Waals surface area contributed by atoms with Gasteiger partial charge in [-0.1, -0.05) is 11.6 Å². The zero-order valence-electron chi connectivity index (χ0n) is 18.4. The number of hydrogen-bond acceptors (Lipinski definition) is 7. The summed E-state index contributed by atoms with van der Waals surface area (Å²) in [5.74, 6) is 1.26. The summed E-state index contributed by atoms with van der Waals surface area (Å²) in [6, 6.07) is 9.92. The molecule has 8 nitrogen and oxygen atoms in total. The van der Waals surface area contributed by atoms with Crippen LogP contribution in [-0.4, -0.2) is 54.6 Å². The number of methoxy groups -OCH3 is 1. The van der Waals surface area contributed by atoms with Crippen LogP contribution in [0.25, 0.3) is 11.3 Å². The number of rotatable bonds is 5. The van der Waals surface area contributed by atoms with Crippen LogP contribution in [0, 0.1) is 0 Å². The van der Waals surface area contributed by atoms with Crippen molar-refractivity contribution in [1.82, 2.24) is 9.88 Å². The van der Waals surface area contributed by atoms with Gasteiger partial charge in [-0.15, -0.1) is 11.3 Å². The fraction of sp³-hybridized carbons (Fsp3) is 0.292. The van der Waals surface area contributed by atoms with E-state index in [1.54, 1.807) is 23.1 Å². The lowest BCUT2D eigenvalue weighted by molar-refractivity contribution is -0.119. The van der Waals surface area contributed by atoms with Crippen molar-refractivity contribution in [3.8, 4) is 28.5 Å². The van der Waals surface area contributed by atoms with Crippen LogP contribution < -0.4 is 19.5 Å². The van der Waals surface area contributed by atoms with Crippen molar-refractivity contribution in [2.45, 2.75) is 18.9 Å². The molecule has 0 saturated carbocycles. The molecule has 10 heteroatoms. The lowest BCUT2D eigenvalue weighted by Crippen LogP contribution is -2.43. The molecule has 2 aliphatic rings. The van der Waals surface area contributed by atoms with Crippen LogP contribution in [0.4, 0.5) is 5.13 Å². The molecule has 3 aromatic rings. The normalized spacial score (nSPS) is 16.9. The van der Waals surface area contributed by atoms with E-state index in [0.29, 0.717) is 59.1 Å². The number of amides is 2. The van der Waals surface area contributed by atoms with Crippen LogP contribution in [0.5, 0.6) is 17.2 Å². The number of ether oxygens (including phenoxy) is 3. The van der Waals surface area contributed by atoms with Gasteiger partial charge in [-0.25, -0.2) is 4.98 Å². The van der Waals surface area contributed by atoms with Crippen molar-refractivity contribution in [2.75, 3.05) is 32.2 Å². The minimum atomic E-state index is -0.599. The summed E-state index contributed by atoms with van der Waals surface area (Å²) in [6.45, 7) is 1.52. The highest BCUT2D eigenvalue weighted by atomic mass is 35.5. The maximum Gasteiger partial charge on any atom is 0.258 e. The molecular formula is C24H22ClN3O5S. The molecule has 2 amide bonds. The Hall–Kier alpha value is -3.30. The standard InChI is InChI=1S/C24H22ClN3O5S/c1-31-19-7-5-15(25)12-16(19)23(30)28-8-2-3-18(28)22(29)27-24-26-17(13-34-24)14-4-6-20-21(11-14)33-10-9-32-20/h4-7,11-13,18H,2-3,8-10H2,1H3,(H,26,27,29). The summed E-state index contributed by atoms with van der Waals surface area (Å²) >= 11 is 7.42. The smallest absolute Gasteiger partial charge is 0.258 e. The van der Waals surface area contributed by atoms with E-state index in [1.807, 2.05) is 23.6 Å². The average molecular weight is 500 g/mol. The van der Waals surface area contributed by atoms with Gasteiger partial charge in [-0.05, 0) is 49.2 Å². The SMILES string of the molecule is COc1ccc(Cl)cc1C(=O)N1CCCC1C(=O)Nc1nc(-c2ccc3c(c2)OCCO3)cs1. The third kappa shape index (κ3) is 4.41. The number of benzene rings is 2. The van der Waals surface area contributed by atoms with E-state index in [1.165, 1.54) is 18.4 Å². The lowest BCUT2D eigenvalue weighted by Gasteiger charge is -2.24. The molecule has 1 unspecified atom stereocenters. The van der Waals surface area contributed by atoms with E-state index in [0.717, 1.165) is 17.7 Å². The van der Waals surface area contributed by atoms with Gasteiger partial charge >= 0.3 is 0 Å². The van der Waals surface area contributed by atoms with E-state index in [-0.39, 0.29) is 11.8 Å². The molecule has 34 heavy (non-hydrogen) atoms. The van der Waals surface area contributed by atoms with Gasteiger partial charge in [0, 0.05) is 22.5 Å². The van der Waals surface area contributed by atoms with E-state index in [9.17, 15) is 9.59 Å². The Morgan fingerprint density at radius 2 is 2.00 bits per heavy atom. The van der Waals surface area contributed by atoms with Gasteiger partial charge in [0.15, 0.2) is 16.6 Å². The monoisotopic (exact) mass is 499 g/mol. The van der Waals surface area contributed by atoms with Crippen LogP contribution in [0.3, 0.4) is 0 Å². The number of likely N-dealkylation sites (tertiary alicyclic amines) is 1. The molecule has 2 aromatic carbocycles. The second-order valence-corrected chi connectivity index (χ2v) is 9.18. The number of anilines is 1. The number of halogens is 1. The number of fused-ring (bicyclic) bond motifs is 1. The molecule has 1 N–H and O–H groups in total. The van der Waals surface area contributed by atoms with Crippen LogP contribution in [0.1, 0.15) is 23.2 Å². The van der Waals surface area contributed by atoms with Crippen molar-refractivity contribution in [3.63, 3.8) is 0 Å². The first kappa shape index (κ1) is 22.5. The quantitative estimate of drug-likeness (QED) is 0.556. The first-order valence-electron chi connectivity index (χ1n) is 10.8. The second kappa shape index (κ2) is 9.52. The molecule has 1 fully saturated rings. The molecule has 0 bridgehead atoms. The Balaban J connectivity index is 1.30. The molecule has 1 atom stereocenters. The van der Waals surface area contributed by atoms with Crippen LogP contribution in [0.15, 0.2) is 41.8 Å². The van der Waals surface area contributed by atoms with Gasteiger partial charge in [0.1, 0.15) is 25.0 Å². The van der Waals surface area contributed by atoms with Gasteiger partial charge in [-0.3, -0.25) is 9.59 Å². The fourth-order valence-electron chi connectivity index (χ4n) is 4.14. The summed E-state index contributed by atoms with van der Waals surface area (Å²) in [7, 11) is 1.50. The van der Waals surface area contributed by atoms with Gasteiger partial charge < -0.3 is 24.4 Å².